The van der Waals surface area contributed by atoms with Gasteiger partial charge >= 0.3 is 25.8 Å². The average Bonchev–Trinajstić information content (AvgIpc) is 2.10. The van der Waals surface area contributed by atoms with Crippen LogP contribution in [-0.2, 0) is 28.8 Å². The van der Waals surface area contributed by atoms with E-state index in [1.165, 1.54) is 41.5 Å². The van der Waals surface area contributed by atoms with Gasteiger partial charge in [0.2, 0.25) is 0 Å². The molecule has 0 aliphatic heterocycles. The van der Waals surface area contributed by atoms with Crippen molar-refractivity contribution in [2.45, 2.75) is 41.5 Å². The first-order valence-corrected chi connectivity index (χ1v) is 5.96. The molecule has 0 fully saturated rings. The molecule has 0 N–H and O–H groups in total. The number of hydrogen-bond acceptors (Lipinski definition) is 6. The summed E-state index contributed by atoms with van der Waals surface area (Å²) in [5.41, 5.74) is 0. The van der Waals surface area contributed by atoms with E-state index in [1.807, 2.05) is 0 Å². The smallest absolute Gasteiger partial charge is 0.334 e. The second-order valence-corrected chi connectivity index (χ2v) is 4.10. The summed E-state index contributed by atoms with van der Waals surface area (Å²) in [6.07, 6.45) is 3.17. The summed E-state index contributed by atoms with van der Waals surface area (Å²) in [6, 6.07) is 0. The molecule has 0 rings (SSSR count). The van der Waals surface area contributed by atoms with E-state index in [-0.39, 0.29) is 60.5 Å². The Labute approximate surface area is 150 Å². The second kappa shape index (κ2) is 17.6. The van der Waals surface area contributed by atoms with Crippen LogP contribution in [0.25, 0.3) is 0 Å². The van der Waals surface area contributed by atoms with Crippen LogP contribution in [0.5, 0.6) is 0 Å². The minimum atomic E-state index is -0.187. The van der Waals surface area contributed by atoms with Gasteiger partial charge in [-0.2, -0.15) is 0 Å². The Morgan fingerprint density at radius 3 is 0.500 bits per heavy atom. The summed E-state index contributed by atoms with van der Waals surface area (Å²) in [5.74, 6) is -1.12. The zero-order valence-corrected chi connectivity index (χ0v) is 17.1. The Morgan fingerprint density at radius 2 is 0.500 bits per heavy atom. The Morgan fingerprint density at radius 1 is 0.409 bits per heavy atom. The third kappa shape index (κ3) is 51.4. The Hall–Kier alpha value is -1.50. The van der Waals surface area contributed by atoms with Crippen molar-refractivity contribution in [3.05, 3.63) is 19.3 Å². The van der Waals surface area contributed by atoms with Crippen LogP contribution in [-0.4, -0.2) is 60.5 Å². The van der Waals surface area contributed by atoms with Gasteiger partial charge in [-0.1, -0.05) is 0 Å². The molecular formula is C15H21InO6. The van der Waals surface area contributed by atoms with Crippen LogP contribution in [0.15, 0.2) is 0 Å². The van der Waals surface area contributed by atoms with Crippen molar-refractivity contribution < 1.29 is 28.8 Å². The predicted octanol–water partition coefficient (Wildman–Crippen LogP) is 0.725. The molecule has 7 heteroatoms. The fourth-order valence-electron chi connectivity index (χ4n) is 0.859. The van der Waals surface area contributed by atoms with E-state index in [0.29, 0.717) is 0 Å². The molecule has 0 saturated carbocycles. The topological polar surface area (TPSA) is 102 Å². The van der Waals surface area contributed by atoms with Crippen LogP contribution in [0.3, 0.4) is 0 Å². The molecule has 6 nitrogen and oxygen atoms in total. The van der Waals surface area contributed by atoms with E-state index in [1.54, 1.807) is 0 Å². The maximum Gasteiger partial charge on any atom is 3.00 e. The Bertz CT molecular complexity index is 314. The van der Waals surface area contributed by atoms with Gasteiger partial charge in [-0.15, -0.1) is 0 Å². The largest absolute Gasteiger partial charge is 3.00 e. The molecule has 0 spiro atoms. The first kappa shape index (κ1) is 28.6. The van der Waals surface area contributed by atoms with E-state index in [0.717, 1.165) is 19.3 Å². The Kier molecular flexibility index (Phi) is 22.8. The first-order valence-electron chi connectivity index (χ1n) is 5.96. The van der Waals surface area contributed by atoms with E-state index < -0.39 is 0 Å². The van der Waals surface area contributed by atoms with Gasteiger partial charge in [0.1, 0.15) is 0 Å². The van der Waals surface area contributed by atoms with Crippen molar-refractivity contribution in [1.29, 1.82) is 0 Å². The zero-order chi connectivity index (χ0) is 17.6. The molecule has 0 amide bonds. The van der Waals surface area contributed by atoms with E-state index in [2.05, 4.69) is 0 Å². The third-order valence-corrected chi connectivity index (χ3v) is 1.22. The molecule has 0 aromatic carbocycles. The van der Waals surface area contributed by atoms with Crippen LogP contribution >= 0.6 is 0 Å². The molecule has 0 heterocycles. The molecule has 0 aliphatic rings. The molecule has 22 heavy (non-hydrogen) atoms. The van der Waals surface area contributed by atoms with Crippen molar-refractivity contribution in [3.8, 4) is 0 Å². The SMILES string of the molecule is CC(=O)[CH-]C(C)=O.CC(=O)[CH-]C(C)=O.CC(=O)[CH-]C(C)=O.[In+3]. The van der Waals surface area contributed by atoms with Gasteiger partial charge in [0.15, 0.2) is 0 Å². The van der Waals surface area contributed by atoms with E-state index in [4.69, 9.17) is 0 Å². The fraction of sp³-hybridized carbons (Fsp3) is 0.400. The summed E-state index contributed by atoms with van der Waals surface area (Å²) in [7, 11) is 0. The predicted molar refractivity (Wildman–Crippen MR) is 82.7 cm³/mol. The first-order chi connectivity index (χ1) is 9.38. The molecule has 0 unspecified atom stereocenters. The maximum atomic E-state index is 9.98. The molecule has 0 aromatic rings. The minimum absolute atomic E-state index is 0. The normalized spacial score (nSPS) is 7.36. The summed E-state index contributed by atoms with van der Waals surface area (Å²) < 4.78 is 0. The van der Waals surface area contributed by atoms with Gasteiger partial charge in [0.25, 0.3) is 0 Å². The monoisotopic (exact) mass is 412 g/mol. The quantitative estimate of drug-likeness (QED) is 0.471. The summed E-state index contributed by atoms with van der Waals surface area (Å²) in [6.45, 7) is 8.09. The molecular weight excluding hydrogens is 391 g/mol. The summed E-state index contributed by atoms with van der Waals surface area (Å²) in [4.78, 5) is 59.9. The van der Waals surface area contributed by atoms with Crippen molar-refractivity contribution in [3.63, 3.8) is 0 Å². The fourth-order valence-corrected chi connectivity index (χ4v) is 0.859. The third-order valence-electron chi connectivity index (χ3n) is 1.22. The number of Topliss-reactive ketones (excluding diaryl/α,β-unsaturated/α-hetero) is 6. The van der Waals surface area contributed by atoms with Gasteiger partial charge in [-0.05, 0) is 41.5 Å². The number of carbonyl (C=O) groups is 6. The second-order valence-electron chi connectivity index (χ2n) is 4.10. The molecule has 0 saturated heterocycles. The van der Waals surface area contributed by atoms with Crippen molar-refractivity contribution in [1.82, 2.24) is 0 Å². The number of hydrogen-bond donors (Lipinski definition) is 0. The maximum absolute atomic E-state index is 9.98. The van der Waals surface area contributed by atoms with Crippen molar-refractivity contribution in [2.75, 3.05) is 0 Å². The molecule has 0 aliphatic carbocycles. The van der Waals surface area contributed by atoms with Gasteiger partial charge in [-0.3, -0.25) is 19.3 Å². The molecule has 0 bridgehead atoms. The number of ketones is 6. The van der Waals surface area contributed by atoms with Crippen molar-refractivity contribution in [2.24, 2.45) is 0 Å². The number of rotatable bonds is 6. The van der Waals surface area contributed by atoms with E-state index in [9.17, 15) is 28.8 Å². The van der Waals surface area contributed by atoms with Gasteiger partial charge in [0, 0.05) is 34.7 Å². The average molecular weight is 412 g/mol. The van der Waals surface area contributed by atoms with Crippen LogP contribution < -0.4 is 0 Å². The molecule has 120 valence electrons. The van der Waals surface area contributed by atoms with Gasteiger partial charge < -0.3 is 28.8 Å². The summed E-state index contributed by atoms with van der Waals surface area (Å²) >= 11 is 0. The van der Waals surface area contributed by atoms with Crippen LogP contribution in [0, 0.1) is 19.3 Å². The Balaban J connectivity index is -0.000000108. The van der Waals surface area contributed by atoms with Gasteiger partial charge in [-0.25, -0.2) is 0 Å². The minimum Gasteiger partial charge on any atom is -0.334 e. The van der Waals surface area contributed by atoms with Crippen molar-refractivity contribution >= 4 is 60.5 Å². The van der Waals surface area contributed by atoms with Crippen LogP contribution in [0.2, 0.25) is 0 Å². The van der Waals surface area contributed by atoms with Gasteiger partial charge in [0.05, 0.1) is 0 Å². The van der Waals surface area contributed by atoms with E-state index >= 15 is 0 Å². The standard InChI is InChI=1S/3C5H7O2.In/c3*1-4(6)3-5(2)7;/h3*3H,1-2H3;/q3*-1;+3. The summed E-state index contributed by atoms with van der Waals surface area (Å²) in [5, 5.41) is 0. The van der Waals surface area contributed by atoms with Crippen LogP contribution in [0.1, 0.15) is 41.5 Å². The number of carbonyl (C=O) groups excluding carboxylic acids is 6. The molecule has 0 radical (unpaired) electrons. The zero-order valence-electron chi connectivity index (χ0n) is 13.8. The molecule has 0 atom stereocenters. The molecule has 0 aromatic heterocycles. The van der Waals surface area contributed by atoms with Crippen LogP contribution in [0.4, 0.5) is 0 Å².